The molecule has 0 unspecified atom stereocenters. The fraction of sp³-hybridized carbons (Fsp3) is 0.250. The molecule has 3 heteroatoms. The summed E-state index contributed by atoms with van der Waals surface area (Å²) in [5.41, 5.74) is 0.451. The molecule has 0 spiro atoms. The van der Waals surface area contributed by atoms with E-state index >= 15 is 0 Å². The minimum atomic E-state index is -0.812. The van der Waals surface area contributed by atoms with Gasteiger partial charge in [0.15, 0.2) is 5.78 Å². The molecule has 0 N–H and O–H groups in total. The first-order valence-corrected chi connectivity index (χ1v) is 4.75. The molecule has 0 bridgehead atoms. The van der Waals surface area contributed by atoms with Crippen molar-refractivity contribution in [3.63, 3.8) is 0 Å². The first kappa shape index (κ1) is 11.6. The molecule has 0 saturated carbocycles. The van der Waals surface area contributed by atoms with E-state index in [0.29, 0.717) is 12.0 Å². The van der Waals surface area contributed by atoms with Crippen molar-refractivity contribution in [1.82, 2.24) is 0 Å². The Balaban J connectivity index is 3.12. The quantitative estimate of drug-likeness (QED) is 0.551. The predicted octanol–water partition coefficient (Wildman–Crippen LogP) is 3.50. The first-order valence-electron chi connectivity index (χ1n) is 4.75. The molecule has 80 valence electrons. The number of halogens is 2. The van der Waals surface area contributed by atoms with E-state index < -0.39 is 11.6 Å². The second kappa shape index (κ2) is 4.82. The highest BCUT2D eigenvalue weighted by atomic mass is 19.1. The molecule has 0 aliphatic carbocycles. The van der Waals surface area contributed by atoms with Crippen LogP contribution in [0.15, 0.2) is 29.8 Å². The van der Waals surface area contributed by atoms with Gasteiger partial charge in [-0.05, 0) is 31.1 Å². The number of ketones is 1. The Bertz CT molecular complexity index is 408. The molecular formula is C12H12F2O. The molecule has 0 aliphatic heterocycles. The van der Waals surface area contributed by atoms with Gasteiger partial charge >= 0.3 is 0 Å². The van der Waals surface area contributed by atoms with E-state index in [1.165, 1.54) is 6.07 Å². The van der Waals surface area contributed by atoms with Crippen molar-refractivity contribution in [2.75, 3.05) is 0 Å². The summed E-state index contributed by atoms with van der Waals surface area (Å²) in [5, 5.41) is 0. The van der Waals surface area contributed by atoms with Crippen molar-refractivity contribution < 1.29 is 13.6 Å². The fourth-order valence-corrected chi connectivity index (χ4v) is 1.34. The van der Waals surface area contributed by atoms with Crippen molar-refractivity contribution in [2.45, 2.75) is 20.3 Å². The van der Waals surface area contributed by atoms with Crippen LogP contribution >= 0.6 is 0 Å². The van der Waals surface area contributed by atoms with E-state index in [0.717, 1.165) is 12.1 Å². The fourth-order valence-electron chi connectivity index (χ4n) is 1.34. The van der Waals surface area contributed by atoms with Gasteiger partial charge in [0.2, 0.25) is 0 Å². The standard InChI is InChI=1S/C12H12F2O/c1-3-8(4-2)12(15)10-6-5-9(13)7-11(10)14/h3,5-7H,4H2,1-2H3/b8-3+. The Kier molecular flexibility index (Phi) is 3.72. The van der Waals surface area contributed by atoms with Gasteiger partial charge in [-0.3, -0.25) is 4.79 Å². The van der Waals surface area contributed by atoms with Gasteiger partial charge in [-0.1, -0.05) is 13.0 Å². The normalized spacial score (nSPS) is 11.6. The molecule has 0 heterocycles. The lowest BCUT2D eigenvalue weighted by Crippen LogP contribution is -2.05. The van der Waals surface area contributed by atoms with E-state index in [4.69, 9.17) is 0 Å². The van der Waals surface area contributed by atoms with Crippen LogP contribution in [0, 0.1) is 11.6 Å². The Morgan fingerprint density at radius 3 is 2.53 bits per heavy atom. The zero-order valence-corrected chi connectivity index (χ0v) is 8.68. The van der Waals surface area contributed by atoms with Gasteiger partial charge in [0.1, 0.15) is 11.6 Å². The van der Waals surface area contributed by atoms with E-state index in [-0.39, 0.29) is 11.3 Å². The number of carbonyl (C=O) groups excluding carboxylic acids is 1. The third-order valence-electron chi connectivity index (χ3n) is 2.20. The molecule has 1 aromatic carbocycles. The molecule has 0 atom stereocenters. The molecule has 0 aromatic heterocycles. The number of Topliss-reactive ketones (excluding diaryl/α,β-unsaturated/α-hetero) is 1. The summed E-state index contributed by atoms with van der Waals surface area (Å²) in [6.07, 6.45) is 2.18. The average molecular weight is 210 g/mol. The van der Waals surface area contributed by atoms with Crippen LogP contribution in [0.1, 0.15) is 30.6 Å². The highest BCUT2D eigenvalue weighted by Gasteiger charge is 2.14. The SMILES string of the molecule is C/C=C(\CC)C(=O)c1ccc(F)cc1F. The highest BCUT2D eigenvalue weighted by Crippen LogP contribution is 2.15. The summed E-state index contributed by atoms with van der Waals surface area (Å²) in [4.78, 5) is 11.7. The monoisotopic (exact) mass is 210 g/mol. The van der Waals surface area contributed by atoms with Crippen LogP contribution in [0.5, 0.6) is 0 Å². The van der Waals surface area contributed by atoms with Crippen LogP contribution < -0.4 is 0 Å². The van der Waals surface area contributed by atoms with Crippen molar-refractivity contribution in [3.8, 4) is 0 Å². The van der Waals surface area contributed by atoms with Gasteiger partial charge < -0.3 is 0 Å². The summed E-state index contributed by atoms with van der Waals surface area (Å²) < 4.78 is 25.9. The average Bonchev–Trinajstić information content (AvgIpc) is 2.19. The number of rotatable bonds is 3. The van der Waals surface area contributed by atoms with Crippen LogP contribution in [0.3, 0.4) is 0 Å². The smallest absolute Gasteiger partial charge is 0.191 e. The van der Waals surface area contributed by atoms with E-state index in [1.54, 1.807) is 13.0 Å². The molecular weight excluding hydrogens is 198 g/mol. The molecule has 15 heavy (non-hydrogen) atoms. The minimum absolute atomic E-state index is 0.0775. The summed E-state index contributed by atoms with van der Waals surface area (Å²) in [6.45, 7) is 3.53. The van der Waals surface area contributed by atoms with Crippen LogP contribution in [-0.2, 0) is 0 Å². The topological polar surface area (TPSA) is 17.1 Å². The lowest BCUT2D eigenvalue weighted by molar-refractivity contribution is 0.102. The Labute approximate surface area is 87.4 Å². The molecule has 1 nitrogen and oxygen atoms in total. The molecule has 1 rings (SSSR count). The number of hydrogen-bond acceptors (Lipinski definition) is 1. The molecule has 0 fully saturated rings. The largest absolute Gasteiger partial charge is 0.289 e. The molecule has 0 amide bonds. The van der Waals surface area contributed by atoms with Gasteiger partial charge in [0.25, 0.3) is 0 Å². The Morgan fingerprint density at radius 2 is 2.07 bits per heavy atom. The van der Waals surface area contributed by atoms with Gasteiger partial charge in [-0.25, -0.2) is 8.78 Å². The van der Waals surface area contributed by atoms with Crippen molar-refractivity contribution in [1.29, 1.82) is 0 Å². The van der Waals surface area contributed by atoms with Gasteiger partial charge in [-0.15, -0.1) is 0 Å². The van der Waals surface area contributed by atoms with Gasteiger partial charge in [0, 0.05) is 6.07 Å². The van der Waals surface area contributed by atoms with Crippen molar-refractivity contribution >= 4 is 5.78 Å². The van der Waals surface area contributed by atoms with E-state index in [1.807, 2.05) is 6.92 Å². The maximum Gasteiger partial charge on any atom is 0.191 e. The number of benzene rings is 1. The predicted molar refractivity (Wildman–Crippen MR) is 54.7 cm³/mol. The highest BCUT2D eigenvalue weighted by molar-refractivity contribution is 6.08. The number of allylic oxidation sites excluding steroid dienone is 2. The summed E-state index contributed by atoms with van der Waals surface area (Å²) >= 11 is 0. The number of carbonyl (C=O) groups is 1. The van der Waals surface area contributed by atoms with Gasteiger partial charge in [0.05, 0.1) is 5.56 Å². The third kappa shape index (κ3) is 2.49. The summed E-state index contributed by atoms with van der Waals surface area (Å²) in [7, 11) is 0. The second-order valence-corrected chi connectivity index (χ2v) is 3.12. The Hall–Kier alpha value is -1.51. The van der Waals surface area contributed by atoms with Gasteiger partial charge in [-0.2, -0.15) is 0 Å². The van der Waals surface area contributed by atoms with Crippen LogP contribution in [0.25, 0.3) is 0 Å². The first-order chi connectivity index (χ1) is 7.10. The second-order valence-electron chi connectivity index (χ2n) is 3.12. The molecule has 0 radical (unpaired) electrons. The molecule has 0 saturated heterocycles. The zero-order valence-electron chi connectivity index (χ0n) is 8.68. The summed E-state index contributed by atoms with van der Waals surface area (Å²) in [6, 6.07) is 2.97. The molecule has 0 aliphatic rings. The lowest BCUT2D eigenvalue weighted by atomic mass is 10.0. The Morgan fingerprint density at radius 1 is 1.40 bits per heavy atom. The van der Waals surface area contributed by atoms with E-state index in [9.17, 15) is 13.6 Å². The summed E-state index contributed by atoms with van der Waals surface area (Å²) in [5.74, 6) is -1.87. The lowest BCUT2D eigenvalue weighted by Gasteiger charge is -2.04. The van der Waals surface area contributed by atoms with Crippen molar-refractivity contribution in [3.05, 3.63) is 47.0 Å². The van der Waals surface area contributed by atoms with Crippen LogP contribution in [0.2, 0.25) is 0 Å². The van der Waals surface area contributed by atoms with Crippen LogP contribution in [0.4, 0.5) is 8.78 Å². The molecule has 1 aromatic rings. The van der Waals surface area contributed by atoms with Crippen LogP contribution in [-0.4, -0.2) is 5.78 Å². The number of hydrogen-bond donors (Lipinski definition) is 0. The van der Waals surface area contributed by atoms with Crippen molar-refractivity contribution in [2.24, 2.45) is 0 Å². The van der Waals surface area contributed by atoms with E-state index in [2.05, 4.69) is 0 Å². The maximum atomic E-state index is 13.2. The third-order valence-corrected chi connectivity index (χ3v) is 2.20. The zero-order chi connectivity index (χ0) is 11.4. The minimum Gasteiger partial charge on any atom is -0.289 e. The maximum absolute atomic E-state index is 13.2.